The number of benzene rings is 1. The molecule has 2 heterocycles. The van der Waals surface area contributed by atoms with E-state index >= 15 is 0 Å². The number of likely N-dealkylation sites (tertiary alicyclic amines) is 1. The van der Waals surface area contributed by atoms with Crippen molar-refractivity contribution in [3.05, 3.63) is 34.9 Å². The number of rotatable bonds is 2. The van der Waals surface area contributed by atoms with Crippen molar-refractivity contribution in [3.63, 3.8) is 0 Å². The van der Waals surface area contributed by atoms with Gasteiger partial charge in [0.25, 0.3) is 0 Å². The zero-order valence-corrected chi connectivity index (χ0v) is 12.0. The van der Waals surface area contributed by atoms with Crippen LogP contribution in [0, 0.1) is 0 Å². The summed E-state index contributed by atoms with van der Waals surface area (Å²) in [6, 6.07) is 5.95. The van der Waals surface area contributed by atoms with Crippen LogP contribution in [0.2, 0.25) is 0 Å². The molecular weight excluding hydrogens is 252 g/mol. The number of ether oxygens (including phenoxy) is 1. The molecule has 3 rings (SSSR count). The Morgan fingerprint density at radius 1 is 1.35 bits per heavy atom. The Morgan fingerprint density at radius 2 is 2.15 bits per heavy atom. The van der Waals surface area contributed by atoms with Crippen LogP contribution in [0.1, 0.15) is 34.3 Å². The first-order valence-corrected chi connectivity index (χ1v) is 7.45. The Kier molecular flexibility index (Phi) is 4.03. The fraction of sp³-hybridized carbons (Fsp3) is 0.562. The summed E-state index contributed by atoms with van der Waals surface area (Å²) in [5.41, 5.74) is 3.17. The summed E-state index contributed by atoms with van der Waals surface area (Å²) in [5, 5.41) is 3.34. The van der Waals surface area contributed by atoms with E-state index in [0.717, 1.165) is 51.0 Å². The first-order chi connectivity index (χ1) is 9.74. The molecule has 1 saturated heterocycles. The van der Waals surface area contributed by atoms with Gasteiger partial charge in [-0.2, -0.15) is 0 Å². The van der Waals surface area contributed by atoms with Crippen LogP contribution < -0.4 is 5.32 Å². The van der Waals surface area contributed by atoms with E-state index < -0.39 is 0 Å². The van der Waals surface area contributed by atoms with Crippen LogP contribution in [0.5, 0.6) is 0 Å². The number of fused-ring (bicyclic) bond motifs is 1. The molecule has 2 aliphatic heterocycles. The summed E-state index contributed by atoms with van der Waals surface area (Å²) in [5.74, 6) is -0.140. The smallest absolute Gasteiger partial charge is 0.338 e. The van der Waals surface area contributed by atoms with E-state index in [9.17, 15) is 4.79 Å². The normalized spacial score (nSPS) is 20.4. The quantitative estimate of drug-likeness (QED) is 0.832. The van der Waals surface area contributed by atoms with Crippen molar-refractivity contribution in [1.82, 2.24) is 10.2 Å². The molecule has 0 unspecified atom stereocenters. The van der Waals surface area contributed by atoms with Crippen molar-refractivity contribution in [1.29, 1.82) is 0 Å². The summed E-state index contributed by atoms with van der Waals surface area (Å²) in [4.78, 5) is 14.7. The fourth-order valence-corrected chi connectivity index (χ4v) is 3.04. The Hall–Kier alpha value is -1.39. The van der Waals surface area contributed by atoms with Crippen molar-refractivity contribution in [2.75, 3.05) is 26.7 Å². The molecule has 108 valence electrons. The van der Waals surface area contributed by atoms with E-state index in [4.69, 9.17) is 4.74 Å². The van der Waals surface area contributed by atoms with Gasteiger partial charge in [0.15, 0.2) is 0 Å². The van der Waals surface area contributed by atoms with Gasteiger partial charge in [0.05, 0.1) is 5.56 Å². The van der Waals surface area contributed by atoms with Crippen molar-refractivity contribution >= 4 is 5.97 Å². The summed E-state index contributed by atoms with van der Waals surface area (Å²) in [6.07, 6.45) is 2.88. The molecule has 1 N–H and O–H groups in total. The molecule has 0 bridgehead atoms. The lowest BCUT2D eigenvalue weighted by atomic mass is 9.95. The number of nitrogens with one attached hydrogen (secondary N) is 1. The third kappa shape index (κ3) is 2.86. The zero-order chi connectivity index (χ0) is 13.9. The molecule has 20 heavy (non-hydrogen) atoms. The van der Waals surface area contributed by atoms with Gasteiger partial charge >= 0.3 is 5.97 Å². The van der Waals surface area contributed by atoms with Gasteiger partial charge in [0.2, 0.25) is 0 Å². The molecular formula is C16H22N2O2. The summed E-state index contributed by atoms with van der Waals surface area (Å²) in [6.45, 7) is 3.81. The Labute approximate surface area is 120 Å². The summed E-state index contributed by atoms with van der Waals surface area (Å²) >= 11 is 0. The SMILES string of the molecule is CN1CCC(OC(=O)c2cccc3c2CCNC3)CC1. The predicted octanol–water partition coefficient (Wildman–Crippen LogP) is 1.58. The highest BCUT2D eigenvalue weighted by molar-refractivity contribution is 5.91. The average Bonchev–Trinajstić information content (AvgIpc) is 2.49. The second-order valence-electron chi connectivity index (χ2n) is 5.78. The van der Waals surface area contributed by atoms with E-state index in [1.807, 2.05) is 12.1 Å². The molecule has 4 nitrogen and oxygen atoms in total. The van der Waals surface area contributed by atoms with Crippen molar-refractivity contribution < 1.29 is 9.53 Å². The fourth-order valence-electron chi connectivity index (χ4n) is 3.04. The van der Waals surface area contributed by atoms with Gasteiger partial charge in [-0.15, -0.1) is 0 Å². The van der Waals surface area contributed by atoms with Crippen molar-refractivity contribution in [2.45, 2.75) is 31.9 Å². The topological polar surface area (TPSA) is 41.6 Å². The van der Waals surface area contributed by atoms with Crippen molar-refractivity contribution in [3.8, 4) is 0 Å². The molecule has 1 fully saturated rings. The van der Waals surface area contributed by atoms with Gasteiger partial charge < -0.3 is 15.0 Å². The van der Waals surface area contributed by atoms with Crippen LogP contribution in [-0.2, 0) is 17.7 Å². The van der Waals surface area contributed by atoms with Crippen LogP contribution in [0.25, 0.3) is 0 Å². The lowest BCUT2D eigenvalue weighted by molar-refractivity contribution is 0.0138. The first-order valence-electron chi connectivity index (χ1n) is 7.45. The van der Waals surface area contributed by atoms with Gasteiger partial charge in [-0.3, -0.25) is 0 Å². The minimum absolute atomic E-state index is 0.0799. The largest absolute Gasteiger partial charge is 0.459 e. The molecule has 0 atom stereocenters. The van der Waals surface area contributed by atoms with Gasteiger partial charge in [-0.25, -0.2) is 4.79 Å². The maximum absolute atomic E-state index is 12.4. The minimum atomic E-state index is -0.140. The lowest BCUT2D eigenvalue weighted by Gasteiger charge is -2.29. The van der Waals surface area contributed by atoms with Gasteiger partial charge in [0, 0.05) is 19.6 Å². The molecule has 1 aromatic carbocycles. The molecule has 0 radical (unpaired) electrons. The van der Waals surface area contributed by atoms with Crippen LogP contribution in [0.15, 0.2) is 18.2 Å². The first kappa shape index (κ1) is 13.6. The molecule has 0 aromatic heterocycles. The number of carbonyl (C=O) groups excluding carboxylic acids is 1. The van der Waals surface area contributed by atoms with Crippen LogP contribution >= 0.6 is 0 Å². The number of carbonyl (C=O) groups is 1. The standard InChI is InChI=1S/C16H22N2O2/c1-18-9-6-13(7-10-18)20-16(19)15-4-2-3-12-11-17-8-5-14(12)15/h2-4,13,17H,5-11H2,1H3. The van der Waals surface area contributed by atoms with Crippen LogP contribution in [0.3, 0.4) is 0 Å². The van der Waals surface area contributed by atoms with E-state index in [0.29, 0.717) is 0 Å². The highest BCUT2D eigenvalue weighted by Gasteiger charge is 2.23. The number of piperidine rings is 1. The lowest BCUT2D eigenvalue weighted by Crippen LogP contribution is -2.35. The third-order valence-corrected chi connectivity index (χ3v) is 4.30. The Bertz CT molecular complexity index is 493. The van der Waals surface area contributed by atoms with E-state index in [1.165, 1.54) is 11.1 Å². The molecule has 1 aromatic rings. The zero-order valence-electron chi connectivity index (χ0n) is 12.0. The highest BCUT2D eigenvalue weighted by Crippen LogP contribution is 2.21. The van der Waals surface area contributed by atoms with E-state index in [2.05, 4.69) is 23.3 Å². The molecule has 0 aliphatic carbocycles. The predicted molar refractivity (Wildman–Crippen MR) is 77.8 cm³/mol. The molecule has 2 aliphatic rings. The maximum Gasteiger partial charge on any atom is 0.338 e. The molecule has 0 saturated carbocycles. The Balaban J connectivity index is 1.71. The summed E-state index contributed by atoms with van der Waals surface area (Å²) in [7, 11) is 2.11. The monoisotopic (exact) mass is 274 g/mol. The Morgan fingerprint density at radius 3 is 2.95 bits per heavy atom. The van der Waals surface area contributed by atoms with E-state index in [1.54, 1.807) is 0 Å². The third-order valence-electron chi connectivity index (χ3n) is 4.30. The van der Waals surface area contributed by atoms with Gasteiger partial charge in [-0.05, 0) is 50.0 Å². The molecule has 4 heteroatoms. The number of hydrogen-bond donors (Lipinski definition) is 1. The second kappa shape index (κ2) is 5.94. The number of nitrogens with zero attached hydrogens (tertiary/aromatic N) is 1. The molecule has 0 amide bonds. The van der Waals surface area contributed by atoms with E-state index in [-0.39, 0.29) is 12.1 Å². The van der Waals surface area contributed by atoms with Crippen LogP contribution in [0.4, 0.5) is 0 Å². The minimum Gasteiger partial charge on any atom is -0.459 e. The molecule has 0 spiro atoms. The number of esters is 1. The highest BCUT2D eigenvalue weighted by atomic mass is 16.5. The average molecular weight is 274 g/mol. The van der Waals surface area contributed by atoms with Gasteiger partial charge in [-0.1, -0.05) is 12.1 Å². The number of hydrogen-bond acceptors (Lipinski definition) is 4. The van der Waals surface area contributed by atoms with Crippen molar-refractivity contribution in [2.24, 2.45) is 0 Å². The van der Waals surface area contributed by atoms with Crippen LogP contribution in [-0.4, -0.2) is 43.7 Å². The second-order valence-corrected chi connectivity index (χ2v) is 5.78. The maximum atomic E-state index is 12.4. The summed E-state index contributed by atoms with van der Waals surface area (Å²) < 4.78 is 5.71. The van der Waals surface area contributed by atoms with Gasteiger partial charge in [0.1, 0.15) is 6.10 Å².